The standard InChI is InChI=1S/C22H21BrF2N4O2/c23-20-9-21(27-11-26-20)31-10-15-7-18(13-3-12(15)4-13)22(30)29-19(1-2-28-29)14-5-16(24)8-17(25)6-14/h2,5-6,8-9,11-13,15,18-19H,1,3-4,7,10H2/t12?,13?,15-,18-,19?/m0/s1. The van der Waals surface area contributed by atoms with Gasteiger partial charge in [-0.1, -0.05) is 0 Å². The molecule has 0 N–H and O–H groups in total. The second-order valence-corrected chi connectivity index (χ2v) is 9.33. The molecule has 1 amide bonds. The summed E-state index contributed by atoms with van der Waals surface area (Å²) < 4.78 is 34.0. The first-order valence-corrected chi connectivity index (χ1v) is 11.2. The highest BCUT2D eigenvalue weighted by Gasteiger charge is 2.50. The molecular weight excluding hydrogens is 470 g/mol. The Kier molecular flexibility index (Phi) is 5.45. The Bertz CT molecular complexity index is 1010. The zero-order chi connectivity index (χ0) is 21.5. The van der Waals surface area contributed by atoms with Gasteiger partial charge < -0.3 is 4.74 Å². The predicted molar refractivity (Wildman–Crippen MR) is 112 cm³/mol. The Balaban J connectivity index is 1.28. The fraction of sp³-hybridized carbons (Fsp3) is 0.455. The molecule has 0 radical (unpaired) electrons. The molecule has 3 saturated carbocycles. The molecule has 2 heterocycles. The van der Waals surface area contributed by atoms with Gasteiger partial charge in [-0.05, 0) is 70.6 Å². The van der Waals surface area contributed by atoms with Crippen LogP contribution in [-0.4, -0.2) is 33.7 Å². The van der Waals surface area contributed by atoms with Gasteiger partial charge in [-0.2, -0.15) is 5.10 Å². The molecule has 4 aliphatic rings. The summed E-state index contributed by atoms with van der Waals surface area (Å²) in [5.41, 5.74) is 0.430. The number of rotatable bonds is 5. The van der Waals surface area contributed by atoms with Gasteiger partial charge in [0.25, 0.3) is 0 Å². The van der Waals surface area contributed by atoms with E-state index in [1.165, 1.54) is 23.5 Å². The number of carbonyl (C=O) groups is 1. The van der Waals surface area contributed by atoms with Crippen molar-refractivity contribution in [3.63, 3.8) is 0 Å². The van der Waals surface area contributed by atoms with Crippen LogP contribution in [0.25, 0.3) is 0 Å². The number of hydrogen-bond donors (Lipinski definition) is 0. The molecule has 31 heavy (non-hydrogen) atoms. The first kappa shape index (κ1) is 20.5. The molecule has 162 valence electrons. The van der Waals surface area contributed by atoms with Crippen molar-refractivity contribution in [2.75, 3.05) is 6.61 Å². The van der Waals surface area contributed by atoms with Crippen LogP contribution in [0.15, 0.2) is 40.3 Å². The van der Waals surface area contributed by atoms with E-state index in [9.17, 15) is 13.6 Å². The number of carbonyl (C=O) groups excluding carboxylic acids is 1. The lowest BCUT2D eigenvalue weighted by Gasteiger charge is -2.51. The van der Waals surface area contributed by atoms with Gasteiger partial charge in [-0.15, -0.1) is 0 Å². The number of hydrogen-bond acceptors (Lipinski definition) is 5. The zero-order valence-corrected chi connectivity index (χ0v) is 18.2. The molecule has 2 bridgehead atoms. The van der Waals surface area contributed by atoms with Gasteiger partial charge in [-0.25, -0.2) is 23.8 Å². The van der Waals surface area contributed by atoms with Crippen molar-refractivity contribution >= 4 is 28.1 Å². The molecule has 1 aromatic carbocycles. The highest BCUT2D eigenvalue weighted by atomic mass is 79.9. The monoisotopic (exact) mass is 490 g/mol. The highest BCUT2D eigenvalue weighted by molar-refractivity contribution is 9.10. The summed E-state index contributed by atoms with van der Waals surface area (Å²) in [5.74, 6) is 0.114. The topological polar surface area (TPSA) is 67.7 Å². The van der Waals surface area contributed by atoms with E-state index in [-0.39, 0.29) is 17.7 Å². The Morgan fingerprint density at radius 2 is 1.87 bits per heavy atom. The molecule has 3 atom stereocenters. The Morgan fingerprint density at radius 1 is 1.10 bits per heavy atom. The highest BCUT2D eigenvalue weighted by Crippen LogP contribution is 2.53. The van der Waals surface area contributed by atoms with Gasteiger partial charge >= 0.3 is 0 Å². The van der Waals surface area contributed by atoms with Gasteiger partial charge in [0.15, 0.2) is 0 Å². The lowest BCUT2D eigenvalue weighted by Crippen LogP contribution is -2.50. The number of fused-ring (bicyclic) bond motifs is 2. The first-order valence-electron chi connectivity index (χ1n) is 10.4. The first-order chi connectivity index (χ1) is 15.0. The van der Waals surface area contributed by atoms with Crippen molar-refractivity contribution in [1.29, 1.82) is 0 Å². The zero-order valence-electron chi connectivity index (χ0n) is 16.6. The van der Waals surface area contributed by atoms with E-state index in [1.807, 2.05) is 0 Å². The second-order valence-electron chi connectivity index (χ2n) is 8.52. The van der Waals surface area contributed by atoms with Crippen LogP contribution in [0.1, 0.15) is 37.3 Å². The van der Waals surface area contributed by atoms with E-state index in [4.69, 9.17) is 4.74 Å². The van der Waals surface area contributed by atoms with E-state index in [2.05, 4.69) is 31.0 Å². The van der Waals surface area contributed by atoms with Crippen LogP contribution in [0.2, 0.25) is 0 Å². The maximum Gasteiger partial charge on any atom is 0.246 e. The average molecular weight is 491 g/mol. The maximum absolute atomic E-state index is 13.7. The molecule has 1 unspecified atom stereocenters. The van der Waals surface area contributed by atoms with Crippen LogP contribution in [0.5, 0.6) is 5.88 Å². The molecule has 6 rings (SSSR count). The fourth-order valence-corrected chi connectivity index (χ4v) is 5.36. The predicted octanol–water partition coefficient (Wildman–Crippen LogP) is 4.52. The summed E-state index contributed by atoms with van der Waals surface area (Å²) in [6.45, 7) is 0.492. The van der Waals surface area contributed by atoms with E-state index < -0.39 is 17.7 Å². The Labute approximate surface area is 186 Å². The molecule has 0 spiro atoms. The van der Waals surface area contributed by atoms with Gasteiger partial charge in [0.05, 0.1) is 12.6 Å². The molecule has 9 heteroatoms. The Morgan fingerprint density at radius 3 is 2.61 bits per heavy atom. The summed E-state index contributed by atoms with van der Waals surface area (Å²) >= 11 is 3.31. The van der Waals surface area contributed by atoms with Gasteiger partial charge in [0.1, 0.15) is 22.6 Å². The molecule has 6 nitrogen and oxygen atoms in total. The quantitative estimate of drug-likeness (QED) is 0.577. The van der Waals surface area contributed by atoms with E-state index in [1.54, 1.807) is 12.3 Å². The van der Waals surface area contributed by atoms with E-state index in [0.717, 1.165) is 25.3 Å². The minimum Gasteiger partial charge on any atom is -0.477 e. The minimum absolute atomic E-state index is 0.0682. The van der Waals surface area contributed by atoms with Crippen molar-refractivity contribution in [3.05, 3.63) is 52.4 Å². The number of aromatic nitrogens is 2. The van der Waals surface area contributed by atoms with Crippen LogP contribution in [0, 0.1) is 35.3 Å². The normalized spacial score (nSPS) is 29.0. The van der Waals surface area contributed by atoms with Gasteiger partial charge in [-0.3, -0.25) is 4.79 Å². The number of amides is 1. The largest absolute Gasteiger partial charge is 0.477 e. The lowest BCUT2D eigenvalue weighted by atomic mass is 9.55. The molecular formula is C22H21BrF2N4O2. The number of halogens is 3. The van der Waals surface area contributed by atoms with Crippen LogP contribution >= 0.6 is 15.9 Å². The minimum atomic E-state index is -0.651. The summed E-state index contributed by atoms with van der Waals surface area (Å²) in [6, 6.07) is 4.64. The van der Waals surface area contributed by atoms with Gasteiger partial charge in [0.2, 0.25) is 11.8 Å². The van der Waals surface area contributed by atoms with Crippen molar-refractivity contribution in [3.8, 4) is 5.88 Å². The van der Waals surface area contributed by atoms with Crippen LogP contribution in [0.4, 0.5) is 8.78 Å². The summed E-state index contributed by atoms with van der Waals surface area (Å²) in [4.78, 5) is 21.5. The fourth-order valence-electron chi connectivity index (χ4n) is 5.07. The number of ether oxygens (including phenoxy) is 1. The van der Waals surface area contributed by atoms with Crippen LogP contribution in [0.3, 0.4) is 0 Å². The van der Waals surface area contributed by atoms with Gasteiger partial charge in [0, 0.05) is 30.7 Å². The average Bonchev–Trinajstić information content (AvgIpc) is 3.20. The summed E-state index contributed by atoms with van der Waals surface area (Å²) in [7, 11) is 0. The van der Waals surface area contributed by atoms with Crippen molar-refractivity contribution in [2.45, 2.75) is 31.7 Å². The van der Waals surface area contributed by atoms with Crippen molar-refractivity contribution in [1.82, 2.24) is 15.0 Å². The van der Waals surface area contributed by atoms with Crippen LogP contribution < -0.4 is 4.74 Å². The maximum atomic E-state index is 13.7. The number of hydrazone groups is 1. The summed E-state index contributed by atoms with van der Waals surface area (Å²) in [6.07, 6.45) is 6.24. The Hall–Kier alpha value is -2.42. The van der Waals surface area contributed by atoms with Crippen molar-refractivity contribution in [2.24, 2.45) is 28.8 Å². The third kappa shape index (κ3) is 4.07. The van der Waals surface area contributed by atoms with Crippen molar-refractivity contribution < 1.29 is 18.3 Å². The third-order valence-corrected chi connectivity index (χ3v) is 7.13. The lowest BCUT2D eigenvalue weighted by molar-refractivity contribution is -0.148. The molecule has 1 aromatic heterocycles. The second kappa shape index (κ2) is 8.26. The van der Waals surface area contributed by atoms with E-state index in [0.29, 0.717) is 40.9 Å². The smallest absolute Gasteiger partial charge is 0.246 e. The molecule has 3 aliphatic carbocycles. The molecule has 2 aromatic rings. The number of nitrogens with zero attached hydrogens (tertiary/aromatic N) is 4. The SMILES string of the molecule is O=C([C@H]1C[C@@H](COc2cc(Br)ncn2)C2CC1C2)N1N=CCC1c1cc(F)cc(F)c1. The summed E-state index contributed by atoms with van der Waals surface area (Å²) in [5, 5.41) is 5.70. The number of benzene rings is 1. The molecule has 3 fully saturated rings. The molecule has 1 aliphatic heterocycles. The van der Waals surface area contributed by atoms with E-state index >= 15 is 0 Å². The molecule has 0 saturated heterocycles. The van der Waals surface area contributed by atoms with Crippen LogP contribution in [-0.2, 0) is 4.79 Å². The third-order valence-electron chi connectivity index (χ3n) is 6.70.